The number of hydrogen-bond donors (Lipinski definition) is 0. The standard InChI is InChI=1S/C32H30N2O2S/c1-3-36-31(35)32(27-17-11-6-12-18-27)29(25-19-21-28(37-2)22-20-25)34(23-24-13-7-4-8-14-24)30(33-32)26-15-9-5-10-16-26/h4-22,29H,3,23H2,1-2H3/t29-,32-/m1/s1. The second kappa shape index (κ2) is 11.1. The molecule has 4 aromatic rings. The van der Waals surface area contributed by atoms with Crippen LogP contribution in [0.4, 0.5) is 0 Å². The van der Waals surface area contributed by atoms with Crippen molar-refractivity contribution in [1.82, 2.24) is 4.90 Å². The molecule has 0 bridgehead atoms. The molecular formula is C32H30N2O2S. The number of aliphatic imine (C=N–C) groups is 1. The summed E-state index contributed by atoms with van der Waals surface area (Å²) >= 11 is 1.70. The molecule has 186 valence electrons. The molecule has 0 fully saturated rings. The molecule has 0 saturated carbocycles. The van der Waals surface area contributed by atoms with Gasteiger partial charge < -0.3 is 9.64 Å². The lowest BCUT2D eigenvalue weighted by Crippen LogP contribution is -2.44. The van der Waals surface area contributed by atoms with Crippen molar-refractivity contribution < 1.29 is 9.53 Å². The van der Waals surface area contributed by atoms with Gasteiger partial charge in [0.1, 0.15) is 5.84 Å². The molecule has 5 rings (SSSR count). The molecule has 0 aliphatic carbocycles. The third-order valence-electron chi connectivity index (χ3n) is 6.72. The number of rotatable bonds is 8. The summed E-state index contributed by atoms with van der Waals surface area (Å²) < 4.78 is 5.79. The molecule has 5 heteroatoms. The van der Waals surface area contributed by atoms with Crippen LogP contribution in [0.25, 0.3) is 0 Å². The first kappa shape index (κ1) is 24.8. The summed E-state index contributed by atoms with van der Waals surface area (Å²) in [5, 5.41) is 0. The van der Waals surface area contributed by atoms with Gasteiger partial charge in [-0.05, 0) is 42.0 Å². The molecule has 0 amide bonds. The predicted octanol–water partition coefficient (Wildman–Crippen LogP) is 6.87. The third-order valence-corrected chi connectivity index (χ3v) is 7.47. The highest BCUT2D eigenvalue weighted by Gasteiger charge is 2.57. The number of ether oxygens (including phenoxy) is 1. The maximum Gasteiger partial charge on any atom is 0.341 e. The average molecular weight is 507 g/mol. The van der Waals surface area contributed by atoms with Crippen LogP contribution >= 0.6 is 11.8 Å². The molecule has 1 aliphatic heterocycles. The van der Waals surface area contributed by atoms with E-state index in [1.807, 2.05) is 73.7 Å². The van der Waals surface area contributed by atoms with E-state index >= 15 is 0 Å². The minimum absolute atomic E-state index is 0.278. The summed E-state index contributed by atoms with van der Waals surface area (Å²) in [6, 6.07) is 38.4. The molecule has 4 aromatic carbocycles. The minimum Gasteiger partial charge on any atom is -0.464 e. The highest BCUT2D eigenvalue weighted by molar-refractivity contribution is 7.98. The summed E-state index contributed by atoms with van der Waals surface area (Å²) in [5.74, 6) is 0.435. The fourth-order valence-corrected chi connectivity index (χ4v) is 5.45. The number of amidine groups is 1. The Kier molecular flexibility index (Phi) is 7.42. The van der Waals surface area contributed by atoms with Gasteiger partial charge in [0.15, 0.2) is 0 Å². The lowest BCUT2D eigenvalue weighted by molar-refractivity contribution is -0.151. The van der Waals surface area contributed by atoms with Crippen LogP contribution in [0.2, 0.25) is 0 Å². The predicted molar refractivity (Wildman–Crippen MR) is 151 cm³/mol. The maximum atomic E-state index is 14.1. The molecule has 4 nitrogen and oxygen atoms in total. The first-order valence-electron chi connectivity index (χ1n) is 12.5. The van der Waals surface area contributed by atoms with E-state index in [1.54, 1.807) is 11.8 Å². The lowest BCUT2D eigenvalue weighted by Gasteiger charge is -2.37. The number of benzene rings is 4. The van der Waals surface area contributed by atoms with Crippen LogP contribution in [-0.2, 0) is 21.6 Å². The van der Waals surface area contributed by atoms with Crippen molar-refractivity contribution >= 4 is 23.6 Å². The highest BCUT2D eigenvalue weighted by atomic mass is 32.2. The zero-order valence-corrected chi connectivity index (χ0v) is 21.9. The second-order valence-electron chi connectivity index (χ2n) is 8.94. The molecule has 0 saturated heterocycles. The summed E-state index contributed by atoms with van der Waals surface area (Å²) in [6.45, 7) is 2.72. The number of thioether (sulfide) groups is 1. The Morgan fingerprint density at radius 1 is 0.865 bits per heavy atom. The molecule has 1 heterocycles. The number of carbonyl (C=O) groups is 1. The highest BCUT2D eigenvalue weighted by Crippen LogP contribution is 2.50. The van der Waals surface area contributed by atoms with Crippen molar-refractivity contribution in [3.05, 3.63) is 138 Å². The normalized spacial score (nSPS) is 18.9. The molecule has 2 atom stereocenters. The van der Waals surface area contributed by atoms with Crippen molar-refractivity contribution in [2.75, 3.05) is 12.9 Å². The molecule has 0 N–H and O–H groups in total. The maximum absolute atomic E-state index is 14.1. The van der Waals surface area contributed by atoms with Gasteiger partial charge in [0.2, 0.25) is 5.54 Å². The second-order valence-corrected chi connectivity index (χ2v) is 9.82. The van der Waals surface area contributed by atoms with E-state index in [1.165, 1.54) is 4.90 Å². The molecule has 0 aromatic heterocycles. The SMILES string of the molecule is CCOC(=O)[C@]1(c2ccccc2)N=C(c2ccccc2)N(Cc2ccccc2)[C@@H]1c1ccc(SC)cc1. The zero-order chi connectivity index (χ0) is 25.7. The summed E-state index contributed by atoms with van der Waals surface area (Å²) in [5.41, 5.74) is 2.67. The fourth-order valence-electron chi connectivity index (χ4n) is 5.04. The van der Waals surface area contributed by atoms with Crippen LogP contribution < -0.4 is 0 Å². The zero-order valence-electron chi connectivity index (χ0n) is 21.1. The van der Waals surface area contributed by atoms with Gasteiger partial charge in [-0.2, -0.15) is 0 Å². The van der Waals surface area contributed by atoms with Gasteiger partial charge in [-0.15, -0.1) is 11.8 Å². The van der Waals surface area contributed by atoms with Crippen LogP contribution in [0.5, 0.6) is 0 Å². The van der Waals surface area contributed by atoms with Gasteiger partial charge >= 0.3 is 5.97 Å². The van der Waals surface area contributed by atoms with Gasteiger partial charge in [-0.25, -0.2) is 9.79 Å². The van der Waals surface area contributed by atoms with E-state index in [0.29, 0.717) is 6.54 Å². The van der Waals surface area contributed by atoms with Crippen molar-refractivity contribution in [3.8, 4) is 0 Å². The Bertz CT molecular complexity index is 1360. The molecule has 0 unspecified atom stereocenters. The van der Waals surface area contributed by atoms with Crippen molar-refractivity contribution in [2.24, 2.45) is 4.99 Å². The molecule has 1 aliphatic rings. The van der Waals surface area contributed by atoms with E-state index in [4.69, 9.17) is 9.73 Å². The van der Waals surface area contributed by atoms with Crippen molar-refractivity contribution in [2.45, 2.75) is 29.9 Å². The molecule has 37 heavy (non-hydrogen) atoms. The smallest absolute Gasteiger partial charge is 0.341 e. The van der Waals surface area contributed by atoms with Crippen LogP contribution in [0.15, 0.2) is 125 Å². The quantitative estimate of drug-likeness (QED) is 0.193. The van der Waals surface area contributed by atoms with E-state index in [-0.39, 0.29) is 12.6 Å². The van der Waals surface area contributed by atoms with E-state index < -0.39 is 11.6 Å². The summed E-state index contributed by atoms with van der Waals surface area (Å²) in [7, 11) is 0. The Morgan fingerprint density at radius 3 is 2.05 bits per heavy atom. The van der Waals surface area contributed by atoms with Crippen molar-refractivity contribution in [1.29, 1.82) is 0 Å². The Labute approximate surface area is 223 Å². The first-order valence-corrected chi connectivity index (χ1v) is 13.7. The molecule has 0 spiro atoms. The van der Waals surface area contributed by atoms with Crippen LogP contribution in [0, 0.1) is 0 Å². The largest absolute Gasteiger partial charge is 0.464 e. The number of carbonyl (C=O) groups excluding carboxylic acids is 1. The minimum atomic E-state index is -1.27. The van der Waals surface area contributed by atoms with Gasteiger partial charge in [0, 0.05) is 17.0 Å². The Balaban J connectivity index is 1.79. The van der Waals surface area contributed by atoms with Crippen LogP contribution in [0.1, 0.15) is 35.2 Å². The van der Waals surface area contributed by atoms with Crippen LogP contribution in [0.3, 0.4) is 0 Å². The first-order chi connectivity index (χ1) is 18.2. The van der Waals surface area contributed by atoms with Gasteiger partial charge in [0.25, 0.3) is 0 Å². The third kappa shape index (κ3) is 4.79. The monoisotopic (exact) mass is 506 g/mol. The Hall–Kier alpha value is -3.83. The molecule has 0 radical (unpaired) electrons. The number of esters is 1. The average Bonchev–Trinajstić information content (AvgIpc) is 3.30. The Morgan fingerprint density at radius 2 is 1.46 bits per heavy atom. The lowest BCUT2D eigenvalue weighted by atomic mass is 9.79. The molecular weight excluding hydrogens is 476 g/mol. The van der Waals surface area contributed by atoms with E-state index in [0.717, 1.165) is 28.1 Å². The summed E-state index contributed by atoms with van der Waals surface area (Å²) in [4.78, 5) is 22.8. The number of nitrogens with zero attached hydrogens (tertiary/aromatic N) is 2. The van der Waals surface area contributed by atoms with Gasteiger partial charge in [-0.3, -0.25) is 0 Å². The topological polar surface area (TPSA) is 41.9 Å². The van der Waals surface area contributed by atoms with E-state index in [9.17, 15) is 4.79 Å². The summed E-state index contributed by atoms with van der Waals surface area (Å²) in [6.07, 6.45) is 2.07. The van der Waals surface area contributed by atoms with Crippen molar-refractivity contribution in [3.63, 3.8) is 0 Å². The number of hydrogen-bond acceptors (Lipinski definition) is 5. The van der Waals surface area contributed by atoms with Gasteiger partial charge in [0.05, 0.1) is 12.6 Å². The van der Waals surface area contributed by atoms with Gasteiger partial charge in [-0.1, -0.05) is 103 Å². The van der Waals surface area contributed by atoms with Crippen LogP contribution in [-0.4, -0.2) is 29.6 Å². The van der Waals surface area contributed by atoms with E-state index in [2.05, 4.69) is 59.7 Å². The fraction of sp³-hybridized carbons (Fsp3) is 0.188.